The van der Waals surface area contributed by atoms with E-state index in [9.17, 15) is 10.2 Å². The molecule has 0 aliphatic carbocycles. The minimum atomic E-state index is -0.140. The van der Waals surface area contributed by atoms with Gasteiger partial charge in [0.2, 0.25) is 5.75 Å². The van der Waals surface area contributed by atoms with Crippen molar-refractivity contribution in [2.45, 2.75) is 6.54 Å². The van der Waals surface area contributed by atoms with Crippen molar-refractivity contribution in [3.05, 3.63) is 54.1 Å². The van der Waals surface area contributed by atoms with E-state index < -0.39 is 0 Å². The van der Waals surface area contributed by atoms with Crippen molar-refractivity contribution in [1.29, 1.82) is 0 Å². The molecular formula is C14H14NO2+. The second-order valence-electron chi connectivity index (χ2n) is 3.83. The molecule has 2 aromatic carbocycles. The molecule has 2 aromatic rings. The van der Waals surface area contributed by atoms with Crippen LogP contribution in [0.5, 0.6) is 11.5 Å². The number of phenols is 2. The summed E-state index contributed by atoms with van der Waals surface area (Å²) in [5, 5.41) is 19.1. The van der Waals surface area contributed by atoms with Gasteiger partial charge in [-0.2, -0.15) is 4.58 Å². The zero-order valence-corrected chi connectivity index (χ0v) is 9.37. The number of phenolic OH excluding ortho intramolecular Hbond substituents is 2. The lowest BCUT2D eigenvalue weighted by molar-refractivity contribution is -0.449. The third-order valence-electron chi connectivity index (χ3n) is 2.55. The number of hydrogen-bond donors (Lipinski definition) is 2. The van der Waals surface area contributed by atoms with Gasteiger partial charge in [-0.1, -0.05) is 36.4 Å². The molecule has 0 aliphatic heterocycles. The van der Waals surface area contributed by atoms with E-state index in [4.69, 9.17) is 0 Å². The fraction of sp³-hybridized carbons (Fsp3) is 0.0714. The number of aromatic hydroxyl groups is 2. The van der Waals surface area contributed by atoms with Gasteiger partial charge >= 0.3 is 0 Å². The average Bonchev–Trinajstić information content (AvgIpc) is 2.34. The molecule has 2 rings (SSSR count). The number of nitrogens with zero attached hydrogens (tertiary/aromatic N) is 1. The van der Waals surface area contributed by atoms with E-state index in [1.807, 2.05) is 30.3 Å². The molecule has 0 bridgehead atoms. The van der Waals surface area contributed by atoms with Crippen LogP contribution in [0.3, 0.4) is 0 Å². The Kier molecular flexibility index (Phi) is 3.10. The molecule has 0 saturated carbocycles. The van der Waals surface area contributed by atoms with Crippen molar-refractivity contribution in [1.82, 2.24) is 0 Å². The highest BCUT2D eigenvalue weighted by Gasteiger charge is 2.15. The molecule has 0 atom stereocenters. The van der Waals surface area contributed by atoms with Crippen LogP contribution in [0.25, 0.3) is 0 Å². The number of rotatable bonds is 3. The first-order valence-electron chi connectivity index (χ1n) is 5.31. The van der Waals surface area contributed by atoms with Gasteiger partial charge in [0.05, 0.1) is 0 Å². The van der Waals surface area contributed by atoms with E-state index in [2.05, 4.69) is 6.72 Å². The lowest BCUT2D eigenvalue weighted by atomic mass is 10.2. The Labute approximate surface area is 99.9 Å². The van der Waals surface area contributed by atoms with Crippen LogP contribution in [0, 0.1) is 0 Å². The van der Waals surface area contributed by atoms with Crippen molar-refractivity contribution in [3.8, 4) is 11.5 Å². The normalized spacial score (nSPS) is 10.1. The molecule has 86 valence electrons. The fourth-order valence-corrected chi connectivity index (χ4v) is 1.66. The van der Waals surface area contributed by atoms with Crippen LogP contribution in [0.1, 0.15) is 5.56 Å². The average molecular weight is 228 g/mol. The van der Waals surface area contributed by atoms with Crippen molar-refractivity contribution in [2.24, 2.45) is 0 Å². The first kappa shape index (κ1) is 11.2. The Morgan fingerprint density at radius 2 is 1.65 bits per heavy atom. The van der Waals surface area contributed by atoms with Gasteiger partial charge in [-0.3, -0.25) is 0 Å². The topological polar surface area (TPSA) is 43.5 Å². The molecule has 0 spiro atoms. The monoisotopic (exact) mass is 228 g/mol. The van der Waals surface area contributed by atoms with Crippen molar-refractivity contribution >= 4 is 12.4 Å². The summed E-state index contributed by atoms with van der Waals surface area (Å²) >= 11 is 0. The van der Waals surface area contributed by atoms with E-state index in [-0.39, 0.29) is 11.5 Å². The lowest BCUT2D eigenvalue weighted by Crippen LogP contribution is -2.02. The van der Waals surface area contributed by atoms with Gasteiger partial charge in [0.1, 0.15) is 6.72 Å². The first-order chi connectivity index (χ1) is 8.18. The molecule has 0 amide bonds. The molecule has 0 aromatic heterocycles. The molecule has 0 fully saturated rings. The van der Waals surface area contributed by atoms with Crippen LogP contribution < -0.4 is 0 Å². The van der Waals surface area contributed by atoms with E-state index in [1.165, 1.54) is 6.07 Å². The summed E-state index contributed by atoms with van der Waals surface area (Å²) in [6.07, 6.45) is 0. The highest BCUT2D eigenvalue weighted by Crippen LogP contribution is 2.34. The second kappa shape index (κ2) is 4.70. The second-order valence-corrected chi connectivity index (χ2v) is 3.83. The maximum absolute atomic E-state index is 9.71. The SMILES string of the molecule is C=[N+](Cc1ccccc1)c1cccc(O)c1O. The molecular weight excluding hydrogens is 214 g/mol. The minimum absolute atomic E-state index is 0.135. The summed E-state index contributed by atoms with van der Waals surface area (Å²) in [4.78, 5) is 0. The first-order valence-corrected chi connectivity index (χ1v) is 5.31. The standard InChI is InChI=1S/C14H13NO2/c1-15(10-11-6-3-2-4-7-11)12-8-5-9-13(16)14(12)17/h2-9H,1,10H2,(H-,16,17)/p+1. The van der Waals surface area contributed by atoms with E-state index in [0.29, 0.717) is 12.2 Å². The molecule has 0 unspecified atom stereocenters. The lowest BCUT2D eigenvalue weighted by Gasteiger charge is -2.04. The van der Waals surface area contributed by atoms with Crippen LogP contribution in [0.15, 0.2) is 48.5 Å². The van der Waals surface area contributed by atoms with Crippen molar-refractivity contribution in [2.75, 3.05) is 0 Å². The van der Waals surface area contributed by atoms with Crippen LogP contribution in [-0.4, -0.2) is 21.5 Å². The van der Waals surface area contributed by atoms with E-state index in [0.717, 1.165) is 5.56 Å². The Morgan fingerprint density at radius 3 is 2.35 bits per heavy atom. The zero-order chi connectivity index (χ0) is 12.3. The summed E-state index contributed by atoms with van der Waals surface area (Å²) in [5.74, 6) is -0.275. The Bertz CT molecular complexity index is 535. The quantitative estimate of drug-likeness (QED) is 0.482. The van der Waals surface area contributed by atoms with Crippen LogP contribution in [-0.2, 0) is 6.54 Å². The molecule has 0 heterocycles. The highest BCUT2D eigenvalue weighted by molar-refractivity contribution is 5.54. The molecule has 0 radical (unpaired) electrons. The molecule has 2 N–H and O–H groups in total. The van der Waals surface area contributed by atoms with Crippen LogP contribution in [0.2, 0.25) is 0 Å². The predicted octanol–water partition coefficient (Wildman–Crippen LogP) is 2.64. The fourth-order valence-electron chi connectivity index (χ4n) is 1.66. The molecule has 0 aliphatic rings. The van der Waals surface area contributed by atoms with Crippen molar-refractivity contribution in [3.63, 3.8) is 0 Å². The predicted molar refractivity (Wildman–Crippen MR) is 67.0 cm³/mol. The molecule has 17 heavy (non-hydrogen) atoms. The summed E-state index contributed by atoms with van der Waals surface area (Å²) in [6.45, 7) is 4.44. The number of para-hydroxylation sites is 1. The van der Waals surface area contributed by atoms with E-state index >= 15 is 0 Å². The van der Waals surface area contributed by atoms with Gasteiger partial charge in [-0.05, 0) is 6.07 Å². The Balaban J connectivity index is 2.24. The largest absolute Gasteiger partial charge is 0.504 e. The maximum atomic E-state index is 9.71. The highest BCUT2D eigenvalue weighted by atomic mass is 16.3. The van der Waals surface area contributed by atoms with Crippen LogP contribution >= 0.6 is 0 Å². The van der Waals surface area contributed by atoms with Gasteiger partial charge in [-0.15, -0.1) is 0 Å². The van der Waals surface area contributed by atoms with Gasteiger partial charge in [0.15, 0.2) is 12.3 Å². The Hall–Kier alpha value is -2.29. The smallest absolute Gasteiger partial charge is 0.251 e. The van der Waals surface area contributed by atoms with Gasteiger partial charge < -0.3 is 10.2 Å². The zero-order valence-electron chi connectivity index (χ0n) is 9.37. The minimum Gasteiger partial charge on any atom is -0.504 e. The van der Waals surface area contributed by atoms with Crippen LogP contribution in [0.4, 0.5) is 5.69 Å². The molecule has 0 saturated heterocycles. The summed E-state index contributed by atoms with van der Waals surface area (Å²) in [5.41, 5.74) is 1.60. The summed E-state index contributed by atoms with van der Waals surface area (Å²) in [7, 11) is 0. The third-order valence-corrected chi connectivity index (χ3v) is 2.55. The van der Waals surface area contributed by atoms with Gasteiger partial charge in [-0.25, -0.2) is 0 Å². The maximum Gasteiger partial charge on any atom is 0.251 e. The van der Waals surface area contributed by atoms with Gasteiger partial charge in [0, 0.05) is 11.6 Å². The number of hydrogen-bond acceptors (Lipinski definition) is 2. The third kappa shape index (κ3) is 2.45. The Morgan fingerprint density at radius 1 is 0.941 bits per heavy atom. The number of benzene rings is 2. The summed E-state index contributed by atoms with van der Waals surface area (Å²) < 4.78 is 1.64. The van der Waals surface area contributed by atoms with Crippen molar-refractivity contribution < 1.29 is 14.8 Å². The molecule has 3 nitrogen and oxygen atoms in total. The van der Waals surface area contributed by atoms with Gasteiger partial charge in [0.25, 0.3) is 5.69 Å². The summed E-state index contributed by atoms with van der Waals surface area (Å²) in [6, 6.07) is 14.6. The van der Waals surface area contributed by atoms with E-state index in [1.54, 1.807) is 16.7 Å². The molecule has 3 heteroatoms.